The normalized spacial score (nSPS) is 11.9. The largest absolute Gasteiger partial charge is 0.368 e. The molecule has 0 unspecified atom stereocenters. The molecule has 3 N–H and O–H groups in total. The van der Waals surface area contributed by atoms with E-state index in [1.165, 1.54) is 19.1 Å². The van der Waals surface area contributed by atoms with Gasteiger partial charge in [-0.3, -0.25) is 9.59 Å². The van der Waals surface area contributed by atoms with Gasteiger partial charge in [0.1, 0.15) is 11.9 Å². The number of halogens is 2. The lowest BCUT2D eigenvalue weighted by Gasteiger charge is -2.10. The second kappa shape index (κ2) is 5.07. The van der Waals surface area contributed by atoms with E-state index in [0.29, 0.717) is 4.47 Å². The van der Waals surface area contributed by atoms with Gasteiger partial charge in [0, 0.05) is 4.47 Å². The van der Waals surface area contributed by atoms with Crippen LogP contribution in [0.3, 0.4) is 0 Å². The quantitative estimate of drug-likeness (QED) is 0.877. The van der Waals surface area contributed by atoms with Gasteiger partial charge in [0.05, 0.1) is 5.56 Å². The van der Waals surface area contributed by atoms with Gasteiger partial charge < -0.3 is 11.1 Å². The Labute approximate surface area is 100 Å². The van der Waals surface area contributed by atoms with Crippen LogP contribution in [0, 0.1) is 5.82 Å². The van der Waals surface area contributed by atoms with Crippen molar-refractivity contribution in [3.05, 3.63) is 34.1 Å². The Kier molecular flexibility index (Phi) is 4.00. The number of carbonyl (C=O) groups is 2. The SMILES string of the molecule is C[C@H](NC(=O)c1ccc(F)cc1Br)C(N)=O. The molecule has 0 aliphatic rings. The first-order valence-corrected chi connectivity index (χ1v) is 5.26. The molecule has 0 bridgehead atoms. The molecule has 16 heavy (non-hydrogen) atoms. The summed E-state index contributed by atoms with van der Waals surface area (Å²) in [4.78, 5) is 22.4. The van der Waals surface area contributed by atoms with Gasteiger partial charge in [0.25, 0.3) is 5.91 Å². The van der Waals surface area contributed by atoms with Crippen LogP contribution in [-0.4, -0.2) is 17.9 Å². The highest BCUT2D eigenvalue weighted by Gasteiger charge is 2.15. The molecule has 1 aromatic carbocycles. The number of nitrogens with two attached hydrogens (primary N) is 1. The maximum Gasteiger partial charge on any atom is 0.253 e. The third-order valence-corrected chi connectivity index (χ3v) is 2.61. The molecule has 86 valence electrons. The number of rotatable bonds is 3. The third-order valence-electron chi connectivity index (χ3n) is 1.95. The van der Waals surface area contributed by atoms with Crippen molar-refractivity contribution in [1.82, 2.24) is 5.32 Å². The molecule has 0 saturated heterocycles. The van der Waals surface area contributed by atoms with Crippen molar-refractivity contribution >= 4 is 27.7 Å². The maximum absolute atomic E-state index is 12.8. The van der Waals surface area contributed by atoms with E-state index in [9.17, 15) is 14.0 Å². The van der Waals surface area contributed by atoms with Gasteiger partial charge in [-0.25, -0.2) is 4.39 Å². The standard InChI is InChI=1S/C10H10BrFN2O2/c1-5(9(13)15)14-10(16)7-3-2-6(12)4-8(7)11/h2-5H,1H3,(H2,13,15)(H,14,16)/t5-/m0/s1. The Hall–Kier alpha value is -1.43. The second-order valence-electron chi connectivity index (χ2n) is 3.22. The minimum Gasteiger partial charge on any atom is -0.368 e. The van der Waals surface area contributed by atoms with E-state index in [2.05, 4.69) is 21.2 Å². The van der Waals surface area contributed by atoms with E-state index >= 15 is 0 Å². The van der Waals surface area contributed by atoms with Gasteiger partial charge in [-0.05, 0) is 41.1 Å². The van der Waals surface area contributed by atoms with Crippen LogP contribution in [0.5, 0.6) is 0 Å². The van der Waals surface area contributed by atoms with Gasteiger partial charge in [0.15, 0.2) is 0 Å². The highest BCUT2D eigenvalue weighted by molar-refractivity contribution is 9.10. The fraction of sp³-hybridized carbons (Fsp3) is 0.200. The van der Waals surface area contributed by atoms with Crippen LogP contribution in [0.25, 0.3) is 0 Å². The molecular weight excluding hydrogens is 279 g/mol. The summed E-state index contributed by atoms with van der Waals surface area (Å²) in [6.45, 7) is 1.47. The molecule has 4 nitrogen and oxygen atoms in total. The average molecular weight is 289 g/mol. The number of nitrogens with one attached hydrogen (secondary N) is 1. The second-order valence-corrected chi connectivity index (χ2v) is 4.08. The maximum atomic E-state index is 12.8. The number of amides is 2. The van der Waals surface area contributed by atoms with Gasteiger partial charge in [-0.1, -0.05) is 0 Å². The molecule has 0 aliphatic heterocycles. The Morgan fingerprint density at radius 1 is 1.50 bits per heavy atom. The summed E-state index contributed by atoms with van der Waals surface area (Å²) in [5.74, 6) is -1.57. The molecule has 0 heterocycles. The molecule has 6 heteroatoms. The molecule has 0 radical (unpaired) electrons. The monoisotopic (exact) mass is 288 g/mol. The van der Waals surface area contributed by atoms with Crippen LogP contribution in [0.1, 0.15) is 17.3 Å². The summed E-state index contributed by atoms with van der Waals surface area (Å²) in [6, 6.07) is 2.88. The summed E-state index contributed by atoms with van der Waals surface area (Å²) in [6.07, 6.45) is 0. The minimum absolute atomic E-state index is 0.245. The van der Waals surface area contributed by atoms with Gasteiger partial charge in [-0.15, -0.1) is 0 Å². The Bertz CT molecular complexity index is 437. The smallest absolute Gasteiger partial charge is 0.253 e. The van der Waals surface area contributed by atoms with E-state index in [-0.39, 0.29) is 5.56 Å². The Morgan fingerprint density at radius 3 is 2.62 bits per heavy atom. The first-order chi connectivity index (χ1) is 7.41. The summed E-state index contributed by atoms with van der Waals surface area (Å²) in [5.41, 5.74) is 5.24. The molecule has 1 atom stereocenters. The van der Waals surface area contributed by atoms with Crippen LogP contribution < -0.4 is 11.1 Å². The van der Waals surface area contributed by atoms with E-state index < -0.39 is 23.7 Å². The fourth-order valence-electron chi connectivity index (χ4n) is 1.02. The number of hydrogen-bond acceptors (Lipinski definition) is 2. The lowest BCUT2D eigenvalue weighted by atomic mass is 10.2. The van der Waals surface area contributed by atoms with Crippen molar-refractivity contribution < 1.29 is 14.0 Å². The molecule has 1 rings (SSSR count). The van der Waals surface area contributed by atoms with E-state index in [1.54, 1.807) is 0 Å². The molecule has 0 aliphatic carbocycles. The number of benzene rings is 1. The van der Waals surface area contributed by atoms with E-state index in [0.717, 1.165) is 6.07 Å². The third kappa shape index (κ3) is 3.03. The van der Waals surface area contributed by atoms with Gasteiger partial charge in [0.2, 0.25) is 5.91 Å². The molecular formula is C10H10BrFN2O2. The first-order valence-electron chi connectivity index (χ1n) is 4.47. The van der Waals surface area contributed by atoms with Crippen molar-refractivity contribution in [2.24, 2.45) is 5.73 Å². The highest BCUT2D eigenvalue weighted by Crippen LogP contribution is 2.17. The van der Waals surface area contributed by atoms with Crippen molar-refractivity contribution in [1.29, 1.82) is 0 Å². The van der Waals surface area contributed by atoms with Crippen molar-refractivity contribution in [2.45, 2.75) is 13.0 Å². The van der Waals surface area contributed by atoms with Crippen molar-refractivity contribution in [3.8, 4) is 0 Å². The number of carbonyl (C=O) groups excluding carboxylic acids is 2. The zero-order valence-electron chi connectivity index (χ0n) is 8.46. The van der Waals surface area contributed by atoms with Crippen molar-refractivity contribution in [3.63, 3.8) is 0 Å². The van der Waals surface area contributed by atoms with Crippen LogP contribution in [0.2, 0.25) is 0 Å². The van der Waals surface area contributed by atoms with Gasteiger partial charge >= 0.3 is 0 Å². The Balaban J connectivity index is 2.85. The number of hydrogen-bond donors (Lipinski definition) is 2. The van der Waals surface area contributed by atoms with Crippen LogP contribution >= 0.6 is 15.9 Å². The van der Waals surface area contributed by atoms with Crippen LogP contribution in [-0.2, 0) is 4.79 Å². The predicted octanol–water partition coefficient (Wildman–Crippen LogP) is 1.19. The average Bonchev–Trinajstić information content (AvgIpc) is 2.16. The summed E-state index contributed by atoms with van der Waals surface area (Å²) in [5, 5.41) is 2.39. The zero-order valence-corrected chi connectivity index (χ0v) is 10.0. The molecule has 0 aromatic heterocycles. The highest BCUT2D eigenvalue weighted by atomic mass is 79.9. The van der Waals surface area contributed by atoms with Crippen LogP contribution in [0.4, 0.5) is 4.39 Å². The number of primary amides is 1. The topological polar surface area (TPSA) is 72.2 Å². The van der Waals surface area contributed by atoms with Crippen molar-refractivity contribution in [2.75, 3.05) is 0 Å². The zero-order chi connectivity index (χ0) is 12.3. The molecule has 0 saturated carbocycles. The molecule has 0 fully saturated rings. The van der Waals surface area contributed by atoms with E-state index in [4.69, 9.17) is 5.73 Å². The minimum atomic E-state index is -0.774. The molecule has 2 amide bonds. The van der Waals surface area contributed by atoms with Crippen LogP contribution in [0.15, 0.2) is 22.7 Å². The lowest BCUT2D eigenvalue weighted by molar-refractivity contribution is -0.119. The summed E-state index contributed by atoms with van der Waals surface area (Å²) >= 11 is 3.06. The molecule has 0 spiro atoms. The summed E-state index contributed by atoms with van der Waals surface area (Å²) < 4.78 is 13.1. The fourth-order valence-corrected chi connectivity index (χ4v) is 1.55. The predicted molar refractivity (Wildman–Crippen MR) is 60.2 cm³/mol. The van der Waals surface area contributed by atoms with Gasteiger partial charge in [-0.2, -0.15) is 0 Å². The molecule has 1 aromatic rings. The Morgan fingerprint density at radius 2 is 2.12 bits per heavy atom. The lowest BCUT2D eigenvalue weighted by Crippen LogP contribution is -2.42. The summed E-state index contributed by atoms with van der Waals surface area (Å²) in [7, 11) is 0. The first kappa shape index (κ1) is 12.6. The van der Waals surface area contributed by atoms with E-state index in [1.807, 2.05) is 0 Å².